The summed E-state index contributed by atoms with van der Waals surface area (Å²) in [4.78, 5) is 71.4. The van der Waals surface area contributed by atoms with Crippen molar-refractivity contribution in [3.63, 3.8) is 0 Å². The molecule has 0 saturated heterocycles. The Bertz CT molecular complexity index is 761. The number of nitrogens with one attached hydrogen (secondary N) is 3. The second kappa shape index (κ2) is 16.4. The summed E-state index contributed by atoms with van der Waals surface area (Å²) in [5.74, 6) is -6.88. The standard InChI is InChI=1S/C21H37N5O9/c1-3-11(2)17(21(34)35)26-20(33)14(7-8-15(27)28)25-19(32)13(6-4-5-9-22)24-18(31)12(23)10-16(29)30/h11-14,17H,3-10,22-23H2,1-2H3,(H,24,31)(H,25,32)(H,26,33)(H,27,28)(H,29,30)(H,34,35). The number of rotatable bonds is 18. The van der Waals surface area contributed by atoms with E-state index in [0.717, 1.165) is 0 Å². The average Bonchev–Trinajstić information content (AvgIpc) is 2.77. The van der Waals surface area contributed by atoms with E-state index in [9.17, 15) is 33.9 Å². The molecule has 5 atom stereocenters. The summed E-state index contributed by atoms with van der Waals surface area (Å²) in [6, 6.07) is -5.29. The first-order chi connectivity index (χ1) is 16.3. The predicted octanol–water partition coefficient (Wildman–Crippen LogP) is -1.63. The first kappa shape index (κ1) is 31.7. The molecule has 0 aromatic rings. The minimum absolute atomic E-state index is 0.0897. The molecule has 0 aliphatic rings. The number of carboxylic acids is 3. The summed E-state index contributed by atoms with van der Waals surface area (Å²) in [7, 11) is 0. The topological polar surface area (TPSA) is 251 Å². The number of nitrogens with two attached hydrogens (primary N) is 2. The van der Waals surface area contributed by atoms with Gasteiger partial charge in [-0.2, -0.15) is 0 Å². The molecule has 0 radical (unpaired) electrons. The summed E-state index contributed by atoms with van der Waals surface area (Å²) in [5, 5.41) is 34.3. The highest BCUT2D eigenvalue weighted by Gasteiger charge is 2.32. The van der Waals surface area contributed by atoms with E-state index in [1.54, 1.807) is 13.8 Å². The molecule has 3 amide bonds. The Hall–Kier alpha value is -3.26. The largest absolute Gasteiger partial charge is 0.481 e. The maximum absolute atomic E-state index is 12.9. The van der Waals surface area contributed by atoms with Crippen LogP contribution < -0.4 is 27.4 Å². The molecule has 0 aliphatic carbocycles. The van der Waals surface area contributed by atoms with E-state index in [-0.39, 0.29) is 12.8 Å². The fourth-order valence-corrected chi connectivity index (χ4v) is 3.07. The lowest BCUT2D eigenvalue weighted by atomic mass is 9.98. The number of amides is 3. The van der Waals surface area contributed by atoms with Crippen LogP contribution in [0.5, 0.6) is 0 Å². The third-order valence-electron chi connectivity index (χ3n) is 5.37. The third-order valence-corrected chi connectivity index (χ3v) is 5.37. The van der Waals surface area contributed by atoms with Gasteiger partial charge >= 0.3 is 17.9 Å². The van der Waals surface area contributed by atoms with Crippen LogP contribution in [-0.4, -0.2) is 81.7 Å². The number of aliphatic carboxylic acids is 3. The zero-order chi connectivity index (χ0) is 27.1. The van der Waals surface area contributed by atoms with Gasteiger partial charge in [0.05, 0.1) is 12.5 Å². The Morgan fingerprint density at radius 2 is 1.34 bits per heavy atom. The SMILES string of the molecule is CCC(C)C(NC(=O)C(CCC(=O)O)NC(=O)C(CCCCN)NC(=O)C(N)CC(=O)O)C(=O)O. The van der Waals surface area contributed by atoms with Crippen molar-refractivity contribution in [1.29, 1.82) is 0 Å². The summed E-state index contributed by atoms with van der Waals surface area (Å²) in [6.45, 7) is 3.67. The molecule has 0 aromatic heterocycles. The van der Waals surface area contributed by atoms with Crippen molar-refractivity contribution in [2.24, 2.45) is 17.4 Å². The highest BCUT2D eigenvalue weighted by molar-refractivity contribution is 5.94. The van der Waals surface area contributed by atoms with Gasteiger partial charge in [0.1, 0.15) is 18.1 Å². The van der Waals surface area contributed by atoms with Gasteiger partial charge in [0.2, 0.25) is 17.7 Å². The van der Waals surface area contributed by atoms with Crippen LogP contribution in [0.15, 0.2) is 0 Å². The van der Waals surface area contributed by atoms with Crippen LogP contribution in [-0.2, 0) is 28.8 Å². The fraction of sp³-hybridized carbons (Fsp3) is 0.714. The molecule has 14 heteroatoms. The van der Waals surface area contributed by atoms with Crippen LogP contribution in [0.25, 0.3) is 0 Å². The molecule has 0 aromatic carbocycles. The number of carboxylic acid groups (broad SMARTS) is 3. The Kier molecular flexibility index (Phi) is 14.9. The molecule has 0 aliphatic heterocycles. The maximum atomic E-state index is 12.9. The van der Waals surface area contributed by atoms with Gasteiger partial charge in [0, 0.05) is 6.42 Å². The predicted molar refractivity (Wildman–Crippen MR) is 123 cm³/mol. The van der Waals surface area contributed by atoms with Gasteiger partial charge in [-0.05, 0) is 38.1 Å². The van der Waals surface area contributed by atoms with E-state index in [0.29, 0.717) is 25.8 Å². The molecule has 35 heavy (non-hydrogen) atoms. The normalized spacial score (nSPS) is 15.1. The van der Waals surface area contributed by atoms with Crippen LogP contribution in [0.1, 0.15) is 58.8 Å². The summed E-state index contributed by atoms with van der Waals surface area (Å²) in [5.41, 5.74) is 11.0. The van der Waals surface area contributed by atoms with Crippen LogP contribution in [0.4, 0.5) is 0 Å². The summed E-state index contributed by atoms with van der Waals surface area (Å²) < 4.78 is 0. The first-order valence-corrected chi connectivity index (χ1v) is 11.4. The van der Waals surface area contributed by atoms with E-state index in [1.807, 2.05) is 0 Å². The number of unbranched alkanes of at least 4 members (excludes halogenated alkanes) is 1. The Labute approximate surface area is 203 Å². The van der Waals surface area contributed by atoms with E-state index in [4.69, 9.17) is 21.7 Å². The van der Waals surface area contributed by atoms with E-state index in [1.165, 1.54) is 0 Å². The summed E-state index contributed by atoms with van der Waals surface area (Å²) in [6.07, 6.45) is -0.0432. The maximum Gasteiger partial charge on any atom is 0.326 e. The quantitative estimate of drug-likeness (QED) is 0.0985. The Morgan fingerprint density at radius 1 is 0.800 bits per heavy atom. The number of carbonyl (C=O) groups excluding carboxylic acids is 3. The highest BCUT2D eigenvalue weighted by Crippen LogP contribution is 2.10. The molecule has 5 unspecified atom stereocenters. The monoisotopic (exact) mass is 503 g/mol. The molecule has 14 nitrogen and oxygen atoms in total. The van der Waals surface area contributed by atoms with E-state index in [2.05, 4.69) is 16.0 Å². The first-order valence-electron chi connectivity index (χ1n) is 11.4. The van der Waals surface area contributed by atoms with Crippen molar-refractivity contribution in [1.82, 2.24) is 16.0 Å². The molecule has 200 valence electrons. The molecule has 0 spiro atoms. The molecule has 0 fully saturated rings. The van der Waals surface area contributed by atoms with E-state index >= 15 is 0 Å². The van der Waals surface area contributed by atoms with Crippen molar-refractivity contribution in [2.75, 3.05) is 6.54 Å². The van der Waals surface area contributed by atoms with Crippen molar-refractivity contribution >= 4 is 35.6 Å². The minimum atomic E-state index is -1.42. The van der Waals surface area contributed by atoms with E-state index < -0.39 is 78.6 Å². The van der Waals surface area contributed by atoms with Gasteiger partial charge in [-0.25, -0.2) is 4.79 Å². The average molecular weight is 504 g/mol. The number of carbonyl (C=O) groups is 6. The van der Waals surface area contributed by atoms with Gasteiger partial charge in [0.25, 0.3) is 0 Å². The smallest absolute Gasteiger partial charge is 0.326 e. The summed E-state index contributed by atoms with van der Waals surface area (Å²) >= 11 is 0. The van der Waals surface area contributed by atoms with Crippen molar-refractivity contribution in [2.45, 2.75) is 83.0 Å². The van der Waals surface area contributed by atoms with Crippen LogP contribution >= 0.6 is 0 Å². The fourth-order valence-electron chi connectivity index (χ4n) is 3.07. The molecular weight excluding hydrogens is 466 g/mol. The zero-order valence-corrected chi connectivity index (χ0v) is 20.0. The molecule has 0 saturated carbocycles. The van der Waals surface area contributed by atoms with Gasteiger partial charge < -0.3 is 42.7 Å². The van der Waals surface area contributed by atoms with Gasteiger partial charge in [-0.3, -0.25) is 24.0 Å². The van der Waals surface area contributed by atoms with Gasteiger partial charge in [-0.15, -0.1) is 0 Å². The highest BCUT2D eigenvalue weighted by atomic mass is 16.4. The van der Waals surface area contributed by atoms with Crippen LogP contribution in [0, 0.1) is 5.92 Å². The van der Waals surface area contributed by atoms with Crippen LogP contribution in [0.2, 0.25) is 0 Å². The molecular formula is C21H37N5O9. The number of hydrogen-bond donors (Lipinski definition) is 8. The molecule has 0 heterocycles. The van der Waals surface area contributed by atoms with Crippen molar-refractivity contribution in [3.05, 3.63) is 0 Å². The lowest BCUT2D eigenvalue weighted by molar-refractivity contribution is -0.144. The third kappa shape index (κ3) is 12.7. The zero-order valence-electron chi connectivity index (χ0n) is 20.0. The van der Waals surface area contributed by atoms with Gasteiger partial charge in [0.15, 0.2) is 0 Å². The van der Waals surface area contributed by atoms with Crippen molar-refractivity contribution < 1.29 is 44.1 Å². The van der Waals surface area contributed by atoms with Crippen molar-refractivity contribution in [3.8, 4) is 0 Å². The molecule has 0 bridgehead atoms. The lowest BCUT2D eigenvalue weighted by Gasteiger charge is -2.26. The Morgan fingerprint density at radius 3 is 1.83 bits per heavy atom. The molecule has 10 N–H and O–H groups in total. The van der Waals surface area contributed by atoms with Gasteiger partial charge in [-0.1, -0.05) is 20.3 Å². The molecule has 0 rings (SSSR count). The lowest BCUT2D eigenvalue weighted by Crippen LogP contribution is -2.57. The number of hydrogen-bond acceptors (Lipinski definition) is 8. The Balaban J connectivity index is 5.63. The van der Waals surface area contributed by atoms with Crippen LogP contribution in [0.3, 0.4) is 0 Å². The second-order valence-corrected chi connectivity index (χ2v) is 8.25. The second-order valence-electron chi connectivity index (χ2n) is 8.25. The minimum Gasteiger partial charge on any atom is -0.481 e.